The third kappa shape index (κ3) is 2.83. The molecule has 0 saturated heterocycles. The maximum atomic E-state index is 13.1. The predicted octanol–water partition coefficient (Wildman–Crippen LogP) is 2.53. The minimum atomic E-state index is -0.324. The molecule has 0 aliphatic rings. The second-order valence-corrected chi connectivity index (χ2v) is 7.09. The van der Waals surface area contributed by atoms with Gasteiger partial charge in [-0.15, -0.1) is 5.10 Å². The lowest BCUT2D eigenvalue weighted by Gasteiger charge is -2.08. The van der Waals surface area contributed by atoms with Crippen LogP contribution in [0.15, 0.2) is 75.7 Å². The molecule has 8 nitrogen and oxygen atoms in total. The van der Waals surface area contributed by atoms with Gasteiger partial charge < -0.3 is 0 Å². The van der Waals surface area contributed by atoms with Crippen LogP contribution in [0.1, 0.15) is 0 Å². The zero-order chi connectivity index (χ0) is 20.0. The number of hydrogen-bond donors (Lipinski definition) is 1. The summed E-state index contributed by atoms with van der Waals surface area (Å²) in [5.41, 5.74) is 1.24. The Hall–Kier alpha value is -3.72. The van der Waals surface area contributed by atoms with Crippen molar-refractivity contribution in [2.24, 2.45) is 0 Å². The molecule has 4 aromatic heterocycles. The van der Waals surface area contributed by atoms with E-state index in [-0.39, 0.29) is 11.1 Å². The molecule has 0 atom stereocenters. The van der Waals surface area contributed by atoms with E-state index in [1.54, 1.807) is 35.2 Å². The first-order chi connectivity index (χ1) is 14.2. The Balaban J connectivity index is 1.76. The predicted molar refractivity (Wildman–Crippen MR) is 112 cm³/mol. The largest absolute Gasteiger partial charge is 0.284 e. The molecule has 1 N–H and O–H groups in total. The van der Waals surface area contributed by atoms with Crippen LogP contribution in [-0.4, -0.2) is 35.6 Å². The molecule has 0 unspecified atom stereocenters. The number of thioether (sulfide) groups is 1. The SMILES string of the molecule is CSc1n[nH]c(-n2ccc3nc4ccn(-c5ccccc5)c(=O)c4cc3c2=O)n1. The number of nitrogens with zero attached hydrogens (tertiary/aromatic N) is 5. The van der Waals surface area contributed by atoms with Crippen LogP contribution in [0.2, 0.25) is 0 Å². The van der Waals surface area contributed by atoms with E-state index in [4.69, 9.17) is 0 Å². The number of aromatic nitrogens is 6. The number of pyridine rings is 3. The summed E-state index contributed by atoms with van der Waals surface area (Å²) in [6.07, 6.45) is 5.14. The summed E-state index contributed by atoms with van der Waals surface area (Å²) < 4.78 is 2.90. The van der Waals surface area contributed by atoms with Crippen molar-refractivity contribution in [1.29, 1.82) is 0 Å². The molecule has 0 amide bonds. The first-order valence-corrected chi connectivity index (χ1v) is 9.98. The molecule has 0 bridgehead atoms. The highest BCUT2D eigenvalue weighted by Gasteiger charge is 2.13. The molecular formula is C20H14N6O2S. The Kier molecular flexibility index (Phi) is 4.02. The van der Waals surface area contributed by atoms with E-state index in [2.05, 4.69) is 20.2 Å². The zero-order valence-electron chi connectivity index (χ0n) is 15.2. The van der Waals surface area contributed by atoms with E-state index < -0.39 is 0 Å². The van der Waals surface area contributed by atoms with Gasteiger partial charge >= 0.3 is 0 Å². The van der Waals surface area contributed by atoms with Crippen molar-refractivity contribution in [2.45, 2.75) is 5.16 Å². The monoisotopic (exact) mass is 402 g/mol. The second-order valence-electron chi connectivity index (χ2n) is 6.32. The summed E-state index contributed by atoms with van der Waals surface area (Å²) in [5, 5.41) is 8.04. The highest BCUT2D eigenvalue weighted by atomic mass is 32.2. The van der Waals surface area contributed by atoms with Crippen molar-refractivity contribution in [3.8, 4) is 11.6 Å². The van der Waals surface area contributed by atoms with Crippen LogP contribution in [0.25, 0.3) is 33.4 Å². The Morgan fingerprint density at radius 3 is 2.17 bits per heavy atom. The molecular weight excluding hydrogens is 388 g/mol. The van der Waals surface area contributed by atoms with Gasteiger partial charge in [-0.2, -0.15) is 4.98 Å². The van der Waals surface area contributed by atoms with Gasteiger partial charge in [0.2, 0.25) is 11.1 Å². The number of H-pyrrole nitrogens is 1. The minimum Gasteiger partial charge on any atom is -0.284 e. The first-order valence-electron chi connectivity index (χ1n) is 8.76. The van der Waals surface area contributed by atoms with Crippen LogP contribution in [0.5, 0.6) is 0 Å². The number of benzene rings is 1. The average molecular weight is 402 g/mol. The van der Waals surface area contributed by atoms with Gasteiger partial charge in [0.1, 0.15) is 0 Å². The molecule has 9 heteroatoms. The highest BCUT2D eigenvalue weighted by molar-refractivity contribution is 7.98. The Morgan fingerprint density at radius 2 is 1.52 bits per heavy atom. The summed E-state index contributed by atoms with van der Waals surface area (Å²) >= 11 is 1.37. The van der Waals surface area contributed by atoms with E-state index in [1.807, 2.05) is 36.6 Å². The van der Waals surface area contributed by atoms with Gasteiger partial charge in [-0.1, -0.05) is 30.0 Å². The van der Waals surface area contributed by atoms with Gasteiger partial charge in [-0.05, 0) is 36.6 Å². The van der Waals surface area contributed by atoms with Gasteiger partial charge in [0.15, 0.2) is 0 Å². The summed E-state index contributed by atoms with van der Waals surface area (Å²) in [5.74, 6) is 0.316. The summed E-state index contributed by atoms with van der Waals surface area (Å²) in [7, 11) is 0. The lowest BCUT2D eigenvalue weighted by molar-refractivity contribution is 0.901. The van der Waals surface area contributed by atoms with Gasteiger partial charge in [0.25, 0.3) is 11.1 Å². The van der Waals surface area contributed by atoms with Gasteiger partial charge in [-0.3, -0.25) is 18.7 Å². The molecule has 5 rings (SSSR count). The standard InChI is InChI=1S/C20H14N6O2S/c1-29-20-22-19(23-24-20)26-10-8-16-14(18(26)28)11-13-15(21-16)7-9-25(17(13)27)12-5-3-2-4-6-12/h2-11H,1H3,(H,22,23,24). The van der Waals surface area contributed by atoms with Crippen molar-refractivity contribution >= 4 is 33.6 Å². The Labute approximate surface area is 167 Å². The molecule has 0 saturated carbocycles. The fourth-order valence-corrected chi connectivity index (χ4v) is 3.54. The van der Waals surface area contributed by atoms with Crippen molar-refractivity contribution in [3.05, 3.63) is 81.6 Å². The second kappa shape index (κ2) is 6.71. The zero-order valence-corrected chi connectivity index (χ0v) is 16.1. The van der Waals surface area contributed by atoms with E-state index in [0.29, 0.717) is 32.9 Å². The molecule has 0 radical (unpaired) electrons. The lowest BCUT2D eigenvalue weighted by atomic mass is 10.2. The smallest absolute Gasteiger partial charge is 0.266 e. The summed E-state index contributed by atoms with van der Waals surface area (Å²) in [6.45, 7) is 0. The summed E-state index contributed by atoms with van der Waals surface area (Å²) in [6, 6.07) is 14.4. The van der Waals surface area contributed by atoms with E-state index in [0.717, 1.165) is 5.69 Å². The molecule has 142 valence electrons. The van der Waals surface area contributed by atoms with E-state index >= 15 is 0 Å². The number of nitrogens with one attached hydrogen (secondary N) is 1. The molecule has 0 spiro atoms. The molecule has 1 aromatic carbocycles. The topological polar surface area (TPSA) is 98.5 Å². The van der Waals surface area contributed by atoms with Gasteiger partial charge in [0.05, 0.1) is 21.8 Å². The van der Waals surface area contributed by atoms with Gasteiger partial charge in [0, 0.05) is 18.1 Å². The maximum Gasteiger partial charge on any atom is 0.266 e. The van der Waals surface area contributed by atoms with Crippen molar-refractivity contribution in [1.82, 2.24) is 29.3 Å². The van der Waals surface area contributed by atoms with Crippen molar-refractivity contribution < 1.29 is 0 Å². The van der Waals surface area contributed by atoms with Crippen molar-refractivity contribution in [2.75, 3.05) is 6.26 Å². The third-order valence-electron chi connectivity index (χ3n) is 4.64. The Bertz CT molecular complexity index is 1490. The molecule has 0 fully saturated rings. The van der Waals surface area contributed by atoms with E-state index in [1.165, 1.54) is 16.3 Å². The van der Waals surface area contributed by atoms with E-state index in [9.17, 15) is 9.59 Å². The molecule has 29 heavy (non-hydrogen) atoms. The van der Waals surface area contributed by atoms with Crippen LogP contribution in [0.3, 0.4) is 0 Å². The van der Waals surface area contributed by atoms with Crippen LogP contribution in [0, 0.1) is 0 Å². The highest BCUT2D eigenvalue weighted by Crippen LogP contribution is 2.17. The quantitative estimate of drug-likeness (QED) is 0.368. The fourth-order valence-electron chi connectivity index (χ4n) is 3.22. The van der Waals surface area contributed by atoms with Crippen LogP contribution < -0.4 is 11.1 Å². The number of rotatable bonds is 3. The third-order valence-corrected chi connectivity index (χ3v) is 5.19. The van der Waals surface area contributed by atoms with Gasteiger partial charge in [-0.25, -0.2) is 10.1 Å². The maximum absolute atomic E-state index is 13.1. The lowest BCUT2D eigenvalue weighted by Crippen LogP contribution is -2.21. The summed E-state index contributed by atoms with van der Waals surface area (Å²) in [4.78, 5) is 34.9. The molecule has 5 aromatic rings. The number of para-hydroxylation sites is 1. The normalized spacial score (nSPS) is 11.3. The van der Waals surface area contributed by atoms with Crippen LogP contribution >= 0.6 is 11.8 Å². The minimum absolute atomic E-state index is 0.234. The molecule has 4 heterocycles. The fraction of sp³-hybridized carbons (Fsp3) is 0.0500. The van der Waals surface area contributed by atoms with Crippen molar-refractivity contribution in [3.63, 3.8) is 0 Å². The van der Waals surface area contributed by atoms with Crippen LogP contribution in [0.4, 0.5) is 0 Å². The Morgan fingerprint density at radius 1 is 0.862 bits per heavy atom. The molecule has 0 aliphatic heterocycles. The number of hydrogen-bond acceptors (Lipinski definition) is 6. The number of aromatic amines is 1. The number of fused-ring (bicyclic) bond motifs is 2. The molecule has 0 aliphatic carbocycles. The average Bonchev–Trinajstić information content (AvgIpc) is 3.23. The first kappa shape index (κ1) is 17.4. The van der Waals surface area contributed by atoms with Crippen LogP contribution in [-0.2, 0) is 0 Å².